The standard InChI is InChI=1S/C19H21ClN2O2/c1-3-4-12-22(2)19(24)15-9-7-8-14(13-15)18(23)21-17-11-6-5-10-16(17)20/h5-11,13H,3-4,12H2,1-2H3,(H,21,23). The van der Waals surface area contributed by atoms with Gasteiger partial charge >= 0.3 is 0 Å². The van der Waals surface area contributed by atoms with Gasteiger partial charge in [-0.3, -0.25) is 9.59 Å². The van der Waals surface area contributed by atoms with E-state index in [1.165, 1.54) is 0 Å². The van der Waals surface area contributed by atoms with Gasteiger partial charge in [0.15, 0.2) is 0 Å². The first kappa shape index (κ1) is 18.0. The van der Waals surface area contributed by atoms with Gasteiger partial charge in [0.25, 0.3) is 11.8 Å². The summed E-state index contributed by atoms with van der Waals surface area (Å²) in [4.78, 5) is 26.5. The Labute approximate surface area is 147 Å². The van der Waals surface area contributed by atoms with Crippen molar-refractivity contribution in [1.29, 1.82) is 0 Å². The fourth-order valence-electron chi connectivity index (χ4n) is 2.27. The van der Waals surface area contributed by atoms with Gasteiger partial charge in [0.2, 0.25) is 0 Å². The third-order valence-corrected chi connectivity index (χ3v) is 4.02. The lowest BCUT2D eigenvalue weighted by atomic mass is 10.1. The van der Waals surface area contributed by atoms with Gasteiger partial charge in [-0.2, -0.15) is 0 Å². The predicted octanol–water partition coefficient (Wildman–Crippen LogP) is 4.46. The molecule has 2 aromatic carbocycles. The number of hydrogen-bond acceptors (Lipinski definition) is 2. The highest BCUT2D eigenvalue weighted by Crippen LogP contribution is 2.21. The molecular formula is C19H21ClN2O2. The van der Waals surface area contributed by atoms with E-state index in [9.17, 15) is 9.59 Å². The van der Waals surface area contributed by atoms with Crippen molar-refractivity contribution < 1.29 is 9.59 Å². The van der Waals surface area contributed by atoms with Crippen LogP contribution >= 0.6 is 11.6 Å². The third kappa shape index (κ3) is 4.59. The van der Waals surface area contributed by atoms with Crippen LogP contribution < -0.4 is 5.32 Å². The summed E-state index contributed by atoms with van der Waals surface area (Å²) in [5, 5.41) is 3.23. The molecule has 0 aliphatic carbocycles. The molecule has 0 unspecified atom stereocenters. The number of rotatable bonds is 6. The minimum atomic E-state index is -0.297. The summed E-state index contributed by atoms with van der Waals surface area (Å²) in [7, 11) is 1.77. The quantitative estimate of drug-likeness (QED) is 0.840. The largest absolute Gasteiger partial charge is 0.342 e. The number of para-hydroxylation sites is 1. The number of amides is 2. The average molecular weight is 345 g/mol. The molecule has 126 valence electrons. The zero-order chi connectivity index (χ0) is 17.5. The molecule has 24 heavy (non-hydrogen) atoms. The number of hydrogen-bond donors (Lipinski definition) is 1. The molecule has 0 aliphatic heterocycles. The first-order valence-corrected chi connectivity index (χ1v) is 8.32. The molecule has 1 N–H and O–H groups in total. The van der Waals surface area contributed by atoms with Crippen molar-refractivity contribution in [2.24, 2.45) is 0 Å². The molecule has 0 aromatic heterocycles. The molecule has 0 radical (unpaired) electrons. The van der Waals surface area contributed by atoms with E-state index in [2.05, 4.69) is 12.2 Å². The van der Waals surface area contributed by atoms with E-state index in [0.717, 1.165) is 12.8 Å². The van der Waals surface area contributed by atoms with E-state index in [1.54, 1.807) is 60.5 Å². The van der Waals surface area contributed by atoms with Crippen LogP contribution in [0.5, 0.6) is 0 Å². The molecule has 0 saturated carbocycles. The summed E-state index contributed by atoms with van der Waals surface area (Å²) in [6, 6.07) is 13.7. The summed E-state index contributed by atoms with van der Waals surface area (Å²) >= 11 is 6.05. The average Bonchev–Trinajstić information content (AvgIpc) is 2.61. The monoisotopic (exact) mass is 344 g/mol. The van der Waals surface area contributed by atoms with Gasteiger partial charge in [-0.05, 0) is 36.8 Å². The summed E-state index contributed by atoms with van der Waals surface area (Å²) in [6.45, 7) is 2.78. The van der Waals surface area contributed by atoms with Crippen molar-refractivity contribution in [2.45, 2.75) is 19.8 Å². The van der Waals surface area contributed by atoms with E-state index < -0.39 is 0 Å². The lowest BCUT2D eigenvalue weighted by molar-refractivity contribution is 0.0793. The van der Waals surface area contributed by atoms with E-state index in [4.69, 9.17) is 11.6 Å². The first-order chi connectivity index (χ1) is 11.5. The van der Waals surface area contributed by atoms with E-state index in [1.807, 2.05) is 0 Å². The first-order valence-electron chi connectivity index (χ1n) is 7.94. The van der Waals surface area contributed by atoms with Crippen LogP contribution in [0.4, 0.5) is 5.69 Å². The van der Waals surface area contributed by atoms with Crippen LogP contribution in [-0.4, -0.2) is 30.3 Å². The van der Waals surface area contributed by atoms with E-state index in [-0.39, 0.29) is 11.8 Å². The highest BCUT2D eigenvalue weighted by Gasteiger charge is 2.14. The van der Waals surface area contributed by atoms with Crippen LogP contribution in [0.2, 0.25) is 5.02 Å². The Balaban J connectivity index is 2.13. The maximum atomic E-state index is 12.4. The Morgan fingerprint density at radius 2 is 1.79 bits per heavy atom. The zero-order valence-corrected chi connectivity index (χ0v) is 14.6. The fraction of sp³-hybridized carbons (Fsp3) is 0.263. The highest BCUT2D eigenvalue weighted by molar-refractivity contribution is 6.33. The Morgan fingerprint density at radius 3 is 2.50 bits per heavy atom. The number of nitrogens with zero attached hydrogens (tertiary/aromatic N) is 1. The summed E-state index contributed by atoms with van der Waals surface area (Å²) < 4.78 is 0. The van der Waals surface area contributed by atoms with Crippen molar-refractivity contribution >= 4 is 29.1 Å². The molecule has 0 spiro atoms. The van der Waals surface area contributed by atoms with E-state index >= 15 is 0 Å². The Bertz CT molecular complexity index is 731. The second kappa shape index (κ2) is 8.50. The molecule has 5 heteroatoms. The molecule has 0 bridgehead atoms. The van der Waals surface area contributed by atoms with Gasteiger partial charge in [-0.1, -0.05) is 43.1 Å². The predicted molar refractivity (Wildman–Crippen MR) is 97.7 cm³/mol. The number of nitrogens with one attached hydrogen (secondary N) is 1. The van der Waals surface area contributed by atoms with Gasteiger partial charge in [0.05, 0.1) is 10.7 Å². The molecular weight excluding hydrogens is 324 g/mol. The van der Waals surface area contributed by atoms with Gasteiger partial charge < -0.3 is 10.2 Å². The Hall–Kier alpha value is -2.33. The zero-order valence-electron chi connectivity index (χ0n) is 13.9. The summed E-state index contributed by atoms with van der Waals surface area (Å²) in [5.41, 5.74) is 1.46. The lowest BCUT2D eigenvalue weighted by Crippen LogP contribution is -2.28. The summed E-state index contributed by atoms with van der Waals surface area (Å²) in [5.74, 6) is -0.384. The van der Waals surface area contributed by atoms with Crippen molar-refractivity contribution in [3.63, 3.8) is 0 Å². The number of carbonyl (C=O) groups excluding carboxylic acids is 2. The van der Waals surface area contributed by atoms with Crippen LogP contribution in [0.15, 0.2) is 48.5 Å². The number of anilines is 1. The topological polar surface area (TPSA) is 49.4 Å². The molecule has 0 atom stereocenters. The third-order valence-electron chi connectivity index (χ3n) is 3.69. The maximum absolute atomic E-state index is 12.4. The van der Waals surface area contributed by atoms with Crippen LogP contribution in [0.25, 0.3) is 0 Å². The summed E-state index contributed by atoms with van der Waals surface area (Å²) in [6.07, 6.45) is 1.98. The van der Waals surface area contributed by atoms with Gasteiger partial charge in [-0.15, -0.1) is 0 Å². The second-order valence-corrected chi connectivity index (χ2v) is 6.00. The maximum Gasteiger partial charge on any atom is 0.255 e. The molecule has 0 heterocycles. The van der Waals surface area contributed by atoms with Crippen molar-refractivity contribution in [3.05, 3.63) is 64.7 Å². The molecule has 0 aliphatic rings. The molecule has 2 amide bonds. The number of carbonyl (C=O) groups is 2. The van der Waals surface area contributed by atoms with Crippen LogP contribution in [0.1, 0.15) is 40.5 Å². The molecule has 4 nitrogen and oxygen atoms in total. The number of benzene rings is 2. The molecule has 0 saturated heterocycles. The smallest absolute Gasteiger partial charge is 0.255 e. The normalized spacial score (nSPS) is 10.3. The highest BCUT2D eigenvalue weighted by atomic mass is 35.5. The van der Waals surface area contributed by atoms with Gasteiger partial charge in [0, 0.05) is 24.7 Å². The minimum Gasteiger partial charge on any atom is -0.342 e. The number of halogens is 1. The Morgan fingerprint density at radius 1 is 1.08 bits per heavy atom. The van der Waals surface area contributed by atoms with Crippen molar-refractivity contribution in [3.8, 4) is 0 Å². The van der Waals surface area contributed by atoms with Crippen LogP contribution in [-0.2, 0) is 0 Å². The van der Waals surface area contributed by atoms with Gasteiger partial charge in [-0.25, -0.2) is 0 Å². The van der Waals surface area contributed by atoms with E-state index in [0.29, 0.717) is 28.4 Å². The number of unbranched alkanes of at least 4 members (excludes halogenated alkanes) is 1. The molecule has 2 aromatic rings. The van der Waals surface area contributed by atoms with Crippen molar-refractivity contribution in [2.75, 3.05) is 18.9 Å². The van der Waals surface area contributed by atoms with Crippen LogP contribution in [0, 0.1) is 0 Å². The second-order valence-electron chi connectivity index (χ2n) is 5.60. The lowest BCUT2D eigenvalue weighted by Gasteiger charge is -2.17. The van der Waals surface area contributed by atoms with Crippen molar-refractivity contribution in [1.82, 2.24) is 4.90 Å². The minimum absolute atomic E-state index is 0.0872. The fourth-order valence-corrected chi connectivity index (χ4v) is 2.45. The van der Waals surface area contributed by atoms with Crippen LogP contribution in [0.3, 0.4) is 0 Å². The molecule has 0 fully saturated rings. The SMILES string of the molecule is CCCCN(C)C(=O)c1cccc(C(=O)Nc2ccccc2Cl)c1. The Kier molecular flexibility index (Phi) is 6.38. The van der Waals surface area contributed by atoms with Gasteiger partial charge in [0.1, 0.15) is 0 Å². The molecule has 2 rings (SSSR count).